The minimum absolute atomic E-state index is 0.104. The fourth-order valence-electron chi connectivity index (χ4n) is 0.670. The molecular weight excluding hydrogens is 200 g/mol. The van der Waals surface area contributed by atoms with Gasteiger partial charge < -0.3 is 14.6 Å². The fraction of sp³-hybridized carbons (Fsp3) is 0.800. The van der Waals surface area contributed by atoms with Crippen molar-refractivity contribution in [1.29, 1.82) is 0 Å². The Morgan fingerprint density at radius 3 is 1.40 bits per heavy atom. The van der Waals surface area contributed by atoms with Gasteiger partial charge in [0.1, 0.15) is 0 Å². The molecule has 0 aliphatic heterocycles. The van der Waals surface area contributed by atoms with E-state index in [0.29, 0.717) is 13.2 Å². The molecule has 0 bridgehead atoms. The van der Waals surface area contributed by atoms with Gasteiger partial charge in [0, 0.05) is 6.61 Å². The average molecular weight is 220 g/mol. The molecule has 0 amide bonds. The molecule has 90 valence electrons. The summed E-state index contributed by atoms with van der Waals surface area (Å²) in [5, 5.41) is 7.57. The number of aliphatic hydroxyl groups is 1. The minimum Gasteiger partial charge on any atom is -0.466 e. The lowest BCUT2D eigenvalue weighted by atomic mass is 10.3. The van der Waals surface area contributed by atoms with E-state index in [1.54, 1.807) is 20.8 Å². The van der Waals surface area contributed by atoms with Crippen LogP contribution in [0.4, 0.5) is 0 Å². The number of hydrogen-bond acceptors (Lipinski definition) is 5. The molecule has 0 aromatic heterocycles. The predicted octanol–water partition coefficient (Wildman–Crippen LogP) is 0.891. The molecule has 0 saturated heterocycles. The van der Waals surface area contributed by atoms with E-state index >= 15 is 0 Å². The van der Waals surface area contributed by atoms with Gasteiger partial charge >= 0.3 is 11.9 Å². The van der Waals surface area contributed by atoms with Gasteiger partial charge in [-0.05, 0) is 20.8 Å². The molecule has 0 aliphatic carbocycles. The van der Waals surface area contributed by atoms with Crippen LogP contribution in [0.3, 0.4) is 0 Å². The number of rotatable bonds is 5. The lowest BCUT2D eigenvalue weighted by molar-refractivity contribution is -0.149. The van der Waals surface area contributed by atoms with Crippen molar-refractivity contribution in [2.24, 2.45) is 0 Å². The molecule has 0 fully saturated rings. The van der Waals surface area contributed by atoms with Gasteiger partial charge in [-0.25, -0.2) is 0 Å². The molecular formula is C10H20O5. The van der Waals surface area contributed by atoms with Crippen LogP contribution >= 0.6 is 0 Å². The van der Waals surface area contributed by atoms with Gasteiger partial charge in [-0.15, -0.1) is 0 Å². The first-order valence-corrected chi connectivity index (χ1v) is 5.04. The SMILES string of the molecule is CCO.CCOC(=O)CCC(=O)OCC. The summed E-state index contributed by atoms with van der Waals surface area (Å²) < 4.78 is 9.25. The highest BCUT2D eigenvalue weighted by molar-refractivity contribution is 5.77. The molecule has 5 heteroatoms. The van der Waals surface area contributed by atoms with E-state index in [1.165, 1.54) is 0 Å². The monoisotopic (exact) mass is 220 g/mol. The Morgan fingerprint density at radius 1 is 0.933 bits per heavy atom. The van der Waals surface area contributed by atoms with Gasteiger partial charge in [0.25, 0.3) is 0 Å². The number of aliphatic hydroxyl groups excluding tert-OH is 1. The van der Waals surface area contributed by atoms with Gasteiger partial charge in [0.2, 0.25) is 0 Å². The van der Waals surface area contributed by atoms with Crippen LogP contribution in [0.5, 0.6) is 0 Å². The molecule has 0 radical (unpaired) electrons. The average Bonchev–Trinajstić information content (AvgIpc) is 2.17. The summed E-state index contributed by atoms with van der Waals surface area (Å²) >= 11 is 0. The number of hydrogen-bond donors (Lipinski definition) is 1. The van der Waals surface area contributed by atoms with Crippen LogP contribution in [-0.2, 0) is 19.1 Å². The first-order chi connectivity index (χ1) is 7.12. The first kappa shape index (κ1) is 16.3. The quantitative estimate of drug-likeness (QED) is 0.696. The largest absolute Gasteiger partial charge is 0.466 e. The maximum absolute atomic E-state index is 10.7. The summed E-state index contributed by atoms with van der Waals surface area (Å²) in [6.07, 6.45) is 0.208. The lowest BCUT2D eigenvalue weighted by Crippen LogP contribution is -2.09. The summed E-state index contributed by atoms with van der Waals surface area (Å²) in [6.45, 7) is 6.08. The standard InChI is InChI=1S/C8H14O4.C2H6O/c1-3-11-7(9)5-6-8(10)12-4-2;1-2-3/h3-6H2,1-2H3;3H,2H2,1H3. The Kier molecular flexibility index (Phi) is 14.0. The van der Waals surface area contributed by atoms with Crippen molar-refractivity contribution in [2.75, 3.05) is 19.8 Å². The molecule has 0 rings (SSSR count). The Morgan fingerprint density at radius 2 is 1.20 bits per heavy atom. The zero-order valence-electron chi connectivity index (χ0n) is 9.62. The number of carbonyl (C=O) groups is 2. The van der Waals surface area contributed by atoms with Crippen molar-refractivity contribution >= 4 is 11.9 Å². The molecule has 0 aromatic carbocycles. The minimum atomic E-state index is -0.356. The summed E-state index contributed by atoms with van der Waals surface area (Å²) in [4.78, 5) is 21.4. The Labute approximate surface area is 90.4 Å². The van der Waals surface area contributed by atoms with E-state index in [4.69, 9.17) is 5.11 Å². The Hall–Kier alpha value is -1.10. The molecule has 1 N–H and O–H groups in total. The Bertz CT molecular complexity index is 149. The number of ether oxygens (including phenoxy) is 2. The van der Waals surface area contributed by atoms with Crippen LogP contribution in [0.2, 0.25) is 0 Å². The second-order valence-corrected chi connectivity index (χ2v) is 2.43. The molecule has 0 heterocycles. The second-order valence-electron chi connectivity index (χ2n) is 2.43. The summed E-state index contributed by atoms with van der Waals surface area (Å²) in [5.41, 5.74) is 0. The number of carbonyl (C=O) groups excluding carboxylic acids is 2. The van der Waals surface area contributed by atoms with E-state index < -0.39 is 0 Å². The summed E-state index contributed by atoms with van der Waals surface area (Å²) in [6, 6.07) is 0. The third kappa shape index (κ3) is 15.6. The van der Waals surface area contributed by atoms with Crippen LogP contribution in [0.15, 0.2) is 0 Å². The van der Waals surface area contributed by atoms with E-state index in [0.717, 1.165) is 0 Å². The molecule has 0 unspecified atom stereocenters. The van der Waals surface area contributed by atoms with Crippen LogP contribution < -0.4 is 0 Å². The first-order valence-electron chi connectivity index (χ1n) is 5.04. The van der Waals surface area contributed by atoms with Crippen molar-refractivity contribution in [3.8, 4) is 0 Å². The summed E-state index contributed by atoms with van der Waals surface area (Å²) in [7, 11) is 0. The van der Waals surface area contributed by atoms with E-state index in [9.17, 15) is 9.59 Å². The van der Waals surface area contributed by atoms with Gasteiger partial charge in [-0.3, -0.25) is 9.59 Å². The topological polar surface area (TPSA) is 72.8 Å². The van der Waals surface area contributed by atoms with E-state index in [2.05, 4.69) is 9.47 Å². The third-order valence-corrected chi connectivity index (χ3v) is 1.14. The van der Waals surface area contributed by atoms with Gasteiger partial charge in [0.05, 0.1) is 26.1 Å². The maximum Gasteiger partial charge on any atom is 0.306 e. The highest BCUT2D eigenvalue weighted by Gasteiger charge is 2.06. The zero-order valence-corrected chi connectivity index (χ0v) is 9.62. The van der Waals surface area contributed by atoms with E-state index in [1.807, 2.05) is 0 Å². The third-order valence-electron chi connectivity index (χ3n) is 1.14. The van der Waals surface area contributed by atoms with Crippen LogP contribution in [0.1, 0.15) is 33.6 Å². The van der Waals surface area contributed by atoms with Gasteiger partial charge in [0.15, 0.2) is 0 Å². The van der Waals surface area contributed by atoms with Crippen molar-refractivity contribution in [3.63, 3.8) is 0 Å². The van der Waals surface area contributed by atoms with Gasteiger partial charge in [-0.1, -0.05) is 0 Å². The number of esters is 2. The van der Waals surface area contributed by atoms with Crippen LogP contribution in [0, 0.1) is 0 Å². The highest BCUT2D eigenvalue weighted by Crippen LogP contribution is 1.95. The zero-order chi connectivity index (χ0) is 12.1. The van der Waals surface area contributed by atoms with Crippen LogP contribution in [-0.4, -0.2) is 36.9 Å². The Balaban J connectivity index is 0. The smallest absolute Gasteiger partial charge is 0.306 e. The molecule has 0 saturated carbocycles. The molecule has 0 aromatic rings. The second kappa shape index (κ2) is 12.9. The maximum atomic E-state index is 10.7. The molecule has 0 atom stereocenters. The normalized spacial score (nSPS) is 8.53. The molecule has 15 heavy (non-hydrogen) atoms. The fourth-order valence-corrected chi connectivity index (χ4v) is 0.670. The van der Waals surface area contributed by atoms with Crippen molar-refractivity contribution < 1.29 is 24.2 Å². The van der Waals surface area contributed by atoms with Crippen molar-refractivity contribution in [2.45, 2.75) is 33.6 Å². The summed E-state index contributed by atoms with van der Waals surface area (Å²) in [5.74, 6) is -0.712. The predicted molar refractivity (Wildman–Crippen MR) is 55.3 cm³/mol. The van der Waals surface area contributed by atoms with Gasteiger partial charge in [-0.2, -0.15) is 0 Å². The van der Waals surface area contributed by atoms with Crippen molar-refractivity contribution in [1.82, 2.24) is 0 Å². The van der Waals surface area contributed by atoms with Crippen LogP contribution in [0.25, 0.3) is 0 Å². The van der Waals surface area contributed by atoms with E-state index in [-0.39, 0.29) is 31.4 Å². The molecule has 0 aliphatic rings. The highest BCUT2D eigenvalue weighted by atomic mass is 16.5. The lowest BCUT2D eigenvalue weighted by Gasteiger charge is -2.01. The van der Waals surface area contributed by atoms with Crippen molar-refractivity contribution in [3.05, 3.63) is 0 Å². The molecule has 0 spiro atoms. The molecule has 5 nitrogen and oxygen atoms in total.